The fourth-order valence-electron chi connectivity index (χ4n) is 3.70. The van der Waals surface area contributed by atoms with E-state index in [9.17, 15) is 30.0 Å². The van der Waals surface area contributed by atoms with Crippen molar-refractivity contribution in [1.29, 1.82) is 0 Å². The van der Waals surface area contributed by atoms with Gasteiger partial charge in [-0.1, -0.05) is 0 Å². The standard InChI is InChI=1S/C18H14O6/c19-7-5-10-12(11(20)6-7)18(24)14-13(17(10)23)15(21)8-3-1-2-4-9(8)16(14)22/h5-6,19-22H,1-4H2. The number of phenolic OH excluding ortho intramolecular Hbond substituents is 4. The number of rotatable bonds is 0. The van der Waals surface area contributed by atoms with Gasteiger partial charge in [-0.15, -0.1) is 0 Å². The van der Waals surface area contributed by atoms with E-state index in [2.05, 4.69) is 0 Å². The minimum Gasteiger partial charge on any atom is -0.508 e. The van der Waals surface area contributed by atoms with Crippen LogP contribution in [0.15, 0.2) is 12.1 Å². The summed E-state index contributed by atoms with van der Waals surface area (Å²) in [6.45, 7) is 0. The largest absolute Gasteiger partial charge is 0.508 e. The number of phenols is 4. The summed E-state index contributed by atoms with van der Waals surface area (Å²) < 4.78 is 0. The van der Waals surface area contributed by atoms with Gasteiger partial charge in [-0.3, -0.25) is 9.59 Å². The normalized spacial score (nSPS) is 15.7. The van der Waals surface area contributed by atoms with Gasteiger partial charge >= 0.3 is 0 Å². The molecule has 2 aromatic carbocycles. The lowest BCUT2D eigenvalue weighted by atomic mass is 9.77. The Balaban J connectivity index is 2.09. The first-order chi connectivity index (χ1) is 11.4. The van der Waals surface area contributed by atoms with Gasteiger partial charge in [0.2, 0.25) is 5.78 Å². The zero-order valence-corrected chi connectivity index (χ0v) is 12.6. The van der Waals surface area contributed by atoms with Crippen LogP contribution < -0.4 is 0 Å². The van der Waals surface area contributed by atoms with E-state index in [0.29, 0.717) is 24.0 Å². The summed E-state index contributed by atoms with van der Waals surface area (Å²) in [4.78, 5) is 25.6. The fraction of sp³-hybridized carbons (Fsp3) is 0.222. The van der Waals surface area contributed by atoms with Crippen molar-refractivity contribution in [2.75, 3.05) is 0 Å². The molecule has 0 bridgehead atoms. The number of ketones is 2. The quantitative estimate of drug-likeness (QED) is 0.471. The molecular formula is C18H14O6. The third kappa shape index (κ3) is 1.71. The van der Waals surface area contributed by atoms with Crippen LogP contribution in [0, 0.1) is 0 Å². The predicted octanol–water partition coefficient (Wildman–Crippen LogP) is 2.16. The average molecular weight is 326 g/mol. The molecule has 0 fully saturated rings. The SMILES string of the molecule is O=C1c2cc(O)cc(O)c2C(=O)c2c(O)c3c(c(O)c21)CCCC3. The van der Waals surface area contributed by atoms with Gasteiger partial charge in [-0.05, 0) is 31.7 Å². The molecule has 4 N–H and O–H groups in total. The van der Waals surface area contributed by atoms with Crippen LogP contribution in [0.2, 0.25) is 0 Å². The molecule has 6 nitrogen and oxygen atoms in total. The Bertz CT molecular complexity index is 942. The number of aromatic hydroxyl groups is 4. The molecule has 0 heterocycles. The number of fused-ring (bicyclic) bond motifs is 3. The van der Waals surface area contributed by atoms with Crippen molar-refractivity contribution >= 4 is 11.6 Å². The van der Waals surface area contributed by atoms with Gasteiger partial charge in [0.1, 0.15) is 23.0 Å². The Morgan fingerprint density at radius 3 is 1.83 bits per heavy atom. The smallest absolute Gasteiger partial charge is 0.202 e. The van der Waals surface area contributed by atoms with Gasteiger partial charge in [0.05, 0.1) is 16.7 Å². The molecular weight excluding hydrogens is 312 g/mol. The molecule has 2 aliphatic carbocycles. The van der Waals surface area contributed by atoms with E-state index in [1.807, 2.05) is 0 Å². The highest BCUT2D eigenvalue weighted by atomic mass is 16.3. The summed E-state index contributed by atoms with van der Waals surface area (Å²) in [6.07, 6.45) is 2.66. The number of carbonyl (C=O) groups excluding carboxylic acids is 2. The third-order valence-corrected chi connectivity index (χ3v) is 4.79. The van der Waals surface area contributed by atoms with Gasteiger partial charge in [0.25, 0.3) is 0 Å². The zero-order valence-electron chi connectivity index (χ0n) is 12.6. The lowest BCUT2D eigenvalue weighted by Gasteiger charge is -2.26. The molecule has 6 heteroatoms. The van der Waals surface area contributed by atoms with Crippen LogP contribution in [0.1, 0.15) is 55.8 Å². The summed E-state index contributed by atoms with van der Waals surface area (Å²) >= 11 is 0. The summed E-state index contributed by atoms with van der Waals surface area (Å²) in [6, 6.07) is 2.04. The van der Waals surface area contributed by atoms with E-state index in [1.54, 1.807) is 0 Å². The number of benzene rings is 2. The van der Waals surface area contributed by atoms with E-state index < -0.39 is 17.3 Å². The van der Waals surface area contributed by atoms with E-state index >= 15 is 0 Å². The first-order valence-electron chi connectivity index (χ1n) is 7.66. The molecule has 2 aromatic rings. The fourth-order valence-corrected chi connectivity index (χ4v) is 3.70. The molecule has 0 aromatic heterocycles. The first kappa shape index (κ1) is 14.6. The summed E-state index contributed by atoms with van der Waals surface area (Å²) in [7, 11) is 0. The summed E-state index contributed by atoms with van der Waals surface area (Å²) in [5, 5.41) is 40.7. The summed E-state index contributed by atoms with van der Waals surface area (Å²) in [5.74, 6) is -2.92. The van der Waals surface area contributed by atoms with Crippen LogP contribution in [-0.2, 0) is 12.8 Å². The maximum atomic E-state index is 12.8. The molecule has 0 atom stereocenters. The second-order valence-corrected chi connectivity index (χ2v) is 6.16. The molecule has 0 amide bonds. The van der Waals surface area contributed by atoms with Gasteiger partial charge in [-0.25, -0.2) is 0 Å². The van der Waals surface area contributed by atoms with Crippen molar-refractivity contribution in [3.8, 4) is 23.0 Å². The second kappa shape index (κ2) is 4.74. The molecule has 0 saturated heterocycles. The Kier molecular flexibility index (Phi) is 2.87. The van der Waals surface area contributed by atoms with E-state index in [0.717, 1.165) is 25.0 Å². The molecule has 24 heavy (non-hydrogen) atoms. The zero-order chi connectivity index (χ0) is 17.2. The van der Waals surface area contributed by atoms with Crippen molar-refractivity contribution in [1.82, 2.24) is 0 Å². The molecule has 0 unspecified atom stereocenters. The van der Waals surface area contributed by atoms with Crippen LogP contribution >= 0.6 is 0 Å². The maximum absolute atomic E-state index is 12.8. The molecule has 122 valence electrons. The molecule has 4 rings (SSSR count). The molecule has 0 saturated carbocycles. The van der Waals surface area contributed by atoms with Crippen LogP contribution in [0.25, 0.3) is 0 Å². The third-order valence-electron chi connectivity index (χ3n) is 4.79. The second-order valence-electron chi connectivity index (χ2n) is 6.16. The van der Waals surface area contributed by atoms with Crippen LogP contribution in [0.5, 0.6) is 23.0 Å². The minimum atomic E-state index is -0.738. The van der Waals surface area contributed by atoms with Crippen molar-refractivity contribution < 1.29 is 30.0 Å². The number of carbonyl (C=O) groups is 2. The van der Waals surface area contributed by atoms with Gasteiger partial charge in [0, 0.05) is 22.8 Å². The maximum Gasteiger partial charge on any atom is 0.202 e. The van der Waals surface area contributed by atoms with Crippen LogP contribution in [0.4, 0.5) is 0 Å². The lowest BCUT2D eigenvalue weighted by molar-refractivity contribution is 0.0971. The highest BCUT2D eigenvalue weighted by Gasteiger charge is 2.39. The number of hydrogen-bond acceptors (Lipinski definition) is 6. The topological polar surface area (TPSA) is 115 Å². The Morgan fingerprint density at radius 1 is 0.708 bits per heavy atom. The highest BCUT2D eigenvalue weighted by Crippen LogP contribution is 2.47. The highest BCUT2D eigenvalue weighted by molar-refractivity contribution is 6.31. The molecule has 0 radical (unpaired) electrons. The Morgan fingerprint density at radius 2 is 1.25 bits per heavy atom. The van der Waals surface area contributed by atoms with Crippen molar-refractivity contribution in [3.05, 3.63) is 45.5 Å². The molecule has 0 spiro atoms. The van der Waals surface area contributed by atoms with Crippen molar-refractivity contribution in [2.24, 2.45) is 0 Å². The van der Waals surface area contributed by atoms with E-state index in [-0.39, 0.29) is 39.5 Å². The van der Waals surface area contributed by atoms with Gasteiger partial charge in [-0.2, -0.15) is 0 Å². The van der Waals surface area contributed by atoms with E-state index in [1.165, 1.54) is 0 Å². The molecule has 0 aliphatic heterocycles. The first-order valence-corrected chi connectivity index (χ1v) is 7.66. The van der Waals surface area contributed by atoms with E-state index in [4.69, 9.17) is 0 Å². The predicted molar refractivity (Wildman–Crippen MR) is 83.1 cm³/mol. The van der Waals surface area contributed by atoms with Gasteiger partial charge < -0.3 is 20.4 Å². The Hall–Kier alpha value is -3.02. The minimum absolute atomic E-state index is 0.185. The van der Waals surface area contributed by atoms with Gasteiger partial charge in [0.15, 0.2) is 5.78 Å². The van der Waals surface area contributed by atoms with Crippen LogP contribution in [0.3, 0.4) is 0 Å². The summed E-state index contributed by atoms with van der Waals surface area (Å²) in [5.41, 5.74) is 0.000326. The lowest BCUT2D eigenvalue weighted by Crippen LogP contribution is -2.23. The molecule has 2 aliphatic rings. The van der Waals surface area contributed by atoms with Crippen LogP contribution in [-0.4, -0.2) is 32.0 Å². The monoisotopic (exact) mass is 326 g/mol. The average Bonchev–Trinajstić information content (AvgIpc) is 2.55. The van der Waals surface area contributed by atoms with Crippen molar-refractivity contribution in [2.45, 2.75) is 25.7 Å². The number of hydrogen-bond donors (Lipinski definition) is 4. The Labute approximate surface area is 136 Å². The van der Waals surface area contributed by atoms with Crippen molar-refractivity contribution in [3.63, 3.8) is 0 Å².